The van der Waals surface area contributed by atoms with Gasteiger partial charge < -0.3 is 20.9 Å². The predicted molar refractivity (Wildman–Crippen MR) is 166 cm³/mol. The zero-order valence-electron chi connectivity index (χ0n) is 25.3. The summed E-state index contributed by atoms with van der Waals surface area (Å²) in [5.74, 6) is 0.550. The second kappa shape index (κ2) is 13.2. The Labute approximate surface area is 241 Å². The van der Waals surface area contributed by atoms with Gasteiger partial charge in [-0.05, 0) is 85.3 Å². The van der Waals surface area contributed by atoms with Crippen LogP contribution < -0.4 is 16.0 Å². The van der Waals surface area contributed by atoms with E-state index < -0.39 is 0 Å². The van der Waals surface area contributed by atoms with Gasteiger partial charge in [0.05, 0.1) is 11.4 Å². The van der Waals surface area contributed by atoms with Gasteiger partial charge in [0.15, 0.2) is 0 Å². The van der Waals surface area contributed by atoms with Crippen LogP contribution in [-0.4, -0.2) is 42.4 Å². The first-order valence-corrected chi connectivity index (χ1v) is 15.3. The van der Waals surface area contributed by atoms with Crippen LogP contribution in [0.4, 0.5) is 11.4 Å². The molecular formula is C34H50N4O2. The molecule has 0 saturated heterocycles. The van der Waals surface area contributed by atoms with Gasteiger partial charge in [-0.3, -0.25) is 9.59 Å². The average molecular weight is 547 g/mol. The minimum Gasteiger partial charge on any atom is -0.373 e. The highest BCUT2D eigenvalue weighted by Crippen LogP contribution is 2.36. The second-order valence-corrected chi connectivity index (χ2v) is 13.3. The highest BCUT2D eigenvalue weighted by molar-refractivity contribution is 5.96. The Bertz CT molecular complexity index is 1160. The molecule has 0 unspecified atom stereocenters. The summed E-state index contributed by atoms with van der Waals surface area (Å²) in [5, 5.41) is 3.22. The summed E-state index contributed by atoms with van der Waals surface area (Å²) in [6.45, 7) is 10.0. The zero-order valence-corrected chi connectivity index (χ0v) is 25.3. The van der Waals surface area contributed by atoms with Crippen LogP contribution in [0.15, 0.2) is 42.5 Å². The van der Waals surface area contributed by atoms with Crippen LogP contribution >= 0.6 is 0 Å². The molecule has 6 nitrogen and oxygen atoms in total. The molecule has 2 aromatic rings. The summed E-state index contributed by atoms with van der Waals surface area (Å²) < 4.78 is 0. The van der Waals surface area contributed by atoms with Crippen LogP contribution in [0.2, 0.25) is 0 Å². The fraction of sp³-hybridized carbons (Fsp3) is 0.588. The summed E-state index contributed by atoms with van der Waals surface area (Å²) in [4.78, 5) is 30.7. The molecule has 218 valence electrons. The van der Waals surface area contributed by atoms with E-state index in [9.17, 15) is 9.59 Å². The van der Waals surface area contributed by atoms with Crippen LogP contribution in [0, 0.1) is 11.3 Å². The molecule has 2 aliphatic carbocycles. The highest BCUT2D eigenvalue weighted by Gasteiger charge is 2.37. The van der Waals surface area contributed by atoms with Gasteiger partial charge in [0.2, 0.25) is 11.8 Å². The van der Waals surface area contributed by atoms with E-state index in [1.54, 1.807) is 0 Å². The molecule has 0 heterocycles. The lowest BCUT2D eigenvalue weighted by atomic mass is 9.90. The molecule has 0 bridgehead atoms. The summed E-state index contributed by atoms with van der Waals surface area (Å²) >= 11 is 0. The van der Waals surface area contributed by atoms with Gasteiger partial charge in [0.25, 0.3) is 0 Å². The van der Waals surface area contributed by atoms with Gasteiger partial charge in [-0.15, -0.1) is 0 Å². The molecular weight excluding hydrogens is 496 g/mol. The van der Waals surface area contributed by atoms with E-state index in [2.05, 4.69) is 92.3 Å². The van der Waals surface area contributed by atoms with Crippen LogP contribution in [0.3, 0.4) is 0 Å². The molecule has 0 aliphatic heterocycles. The van der Waals surface area contributed by atoms with Crippen LogP contribution in [0.5, 0.6) is 0 Å². The molecule has 4 rings (SSSR count). The first kappa shape index (κ1) is 30.1. The molecule has 0 radical (unpaired) electrons. The third-order valence-electron chi connectivity index (χ3n) is 8.22. The van der Waals surface area contributed by atoms with Crippen molar-refractivity contribution in [1.29, 1.82) is 0 Å². The number of hydrogen-bond acceptors (Lipinski definition) is 4. The highest BCUT2D eigenvalue weighted by atomic mass is 16.2. The molecule has 6 heteroatoms. The molecule has 0 aromatic heterocycles. The lowest BCUT2D eigenvalue weighted by Crippen LogP contribution is -2.44. The number of benzene rings is 2. The summed E-state index contributed by atoms with van der Waals surface area (Å²) in [6, 6.07) is 15.5. The largest absolute Gasteiger partial charge is 0.373 e. The maximum Gasteiger partial charge on any atom is 0.226 e. The SMILES string of the molecule is CCCCN(C)c1ccc(-c2cccc(CN(C(=O)C3CC3)C3CCC(N)CC3)c2)cc1NC(=O)CC(C)(C)C. The quantitative estimate of drug-likeness (QED) is 0.319. The second-order valence-electron chi connectivity index (χ2n) is 13.3. The number of rotatable bonds is 11. The van der Waals surface area contributed by atoms with Crippen molar-refractivity contribution in [2.75, 3.05) is 23.8 Å². The summed E-state index contributed by atoms with van der Waals surface area (Å²) in [7, 11) is 2.09. The van der Waals surface area contributed by atoms with E-state index in [4.69, 9.17) is 5.73 Å². The number of carbonyl (C=O) groups is 2. The number of carbonyl (C=O) groups excluding carboxylic acids is 2. The van der Waals surface area contributed by atoms with Crippen molar-refractivity contribution in [3.05, 3.63) is 48.0 Å². The van der Waals surface area contributed by atoms with Crippen LogP contribution in [0.1, 0.15) is 91.0 Å². The van der Waals surface area contributed by atoms with Crippen LogP contribution in [0.25, 0.3) is 11.1 Å². The van der Waals surface area contributed by atoms with Gasteiger partial charge in [0.1, 0.15) is 0 Å². The molecule has 2 fully saturated rings. The lowest BCUT2D eigenvalue weighted by molar-refractivity contribution is -0.136. The summed E-state index contributed by atoms with van der Waals surface area (Å²) in [6.07, 6.45) is 8.67. The Kier molecular flexibility index (Phi) is 9.94. The Morgan fingerprint density at radius 1 is 0.975 bits per heavy atom. The third kappa shape index (κ3) is 8.33. The smallest absolute Gasteiger partial charge is 0.226 e. The van der Waals surface area contributed by atoms with Crippen molar-refractivity contribution in [3.63, 3.8) is 0 Å². The van der Waals surface area contributed by atoms with Gasteiger partial charge in [-0.2, -0.15) is 0 Å². The number of anilines is 2. The maximum atomic E-state index is 13.3. The predicted octanol–water partition coefficient (Wildman–Crippen LogP) is 6.97. The Hall–Kier alpha value is -2.86. The Morgan fingerprint density at radius 2 is 1.68 bits per heavy atom. The molecule has 2 amide bonds. The molecule has 0 atom stereocenters. The van der Waals surface area contributed by atoms with Crippen molar-refractivity contribution in [1.82, 2.24) is 4.90 Å². The van der Waals surface area contributed by atoms with Crippen molar-refractivity contribution in [2.24, 2.45) is 17.1 Å². The number of nitrogens with one attached hydrogen (secondary N) is 1. The fourth-order valence-electron chi connectivity index (χ4n) is 5.75. The van der Waals surface area contributed by atoms with E-state index >= 15 is 0 Å². The minimum absolute atomic E-state index is 0.0324. The molecule has 2 aromatic carbocycles. The van der Waals surface area contributed by atoms with E-state index in [-0.39, 0.29) is 29.3 Å². The third-order valence-corrected chi connectivity index (χ3v) is 8.22. The van der Waals surface area contributed by atoms with Crippen molar-refractivity contribution < 1.29 is 9.59 Å². The first-order valence-electron chi connectivity index (χ1n) is 15.3. The molecule has 2 aliphatic rings. The number of nitrogens with two attached hydrogens (primary N) is 1. The van der Waals surface area contributed by atoms with E-state index in [0.29, 0.717) is 18.9 Å². The van der Waals surface area contributed by atoms with E-state index in [1.165, 1.54) is 0 Å². The van der Waals surface area contributed by atoms with Crippen molar-refractivity contribution in [3.8, 4) is 11.1 Å². The van der Waals surface area contributed by atoms with Crippen molar-refractivity contribution >= 4 is 23.2 Å². The first-order chi connectivity index (χ1) is 19.0. The average Bonchev–Trinajstić information content (AvgIpc) is 3.75. The van der Waals surface area contributed by atoms with Crippen LogP contribution in [-0.2, 0) is 16.1 Å². The summed E-state index contributed by atoms with van der Waals surface area (Å²) in [5.41, 5.74) is 11.3. The van der Waals surface area contributed by atoms with E-state index in [0.717, 1.165) is 86.0 Å². The number of nitrogens with zero attached hydrogens (tertiary/aromatic N) is 2. The number of hydrogen-bond donors (Lipinski definition) is 2. The Balaban J connectivity index is 1.59. The number of unbranched alkanes of at least 4 members (excludes halogenated alkanes) is 1. The normalized spacial score (nSPS) is 19.2. The molecule has 3 N–H and O–H groups in total. The molecule has 0 spiro atoms. The molecule has 2 saturated carbocycles. The fourth-order valence-corrected chi connectivity index (χ4v) is 5.75. The monoisotopic (exact) mass is 546 g/mol. The van der Waals surface area contributed by atoms with Gasteiger partial charge >= 0.3 is 0 Å². The van der Waals surface area contributed by atoms with E-state index in [1.807, 2.05) is 0 Å². The maximum absolute atomic E-state index is 13.3. The number of amides is 2. The Morgan fingerprint density at radius 3 is 2.33 bits per heavy atom. The molecule has 40 heavy (non-hydrogen) atoms. The lowest BCUT2D eigenvalue weighted by Gasteiger charge is -2.36. The standard InChI is InChI=1S/C34H50N4O2/c1-6-7-19-37(5)31-18-13-27(21-30(31)36-32(39)22-34(2,3)4)26-10-8-9-24(20-26)23-38(33(40)25-11-12-25)29-16-14-28(35)15-17-29/h8-10,13,18,20-21,25,28-29H,6-7,11-12,14-17,19,22-23,35H2,1-5H3,(H,36,39). The van der Waals surface area contributed by atoms with Crippen molar-refractivity contribution in [2.45, 2.75) is 104 Å². The van der Waals surface area contributed by atoms with Gasteiger partial charge in [-0.1, -0.05) is 58.4 Å². The topological polar surface area (TPSA) is 78.7 Å². The van der Waals surface area contributed by atoms with Gasteiger partial charge in [-0.25, -0.2) is 0 Å². The zero-order chi connectivity index (χ0) is 28.9. The van der Waals surface area contributed by atoms with Gasteiger partial charge in [0, 0.05) is 44.6 Å². The minimum atomic E-state index is -0.0858.